The maximum absolute atomic E-state index is 11.6. The minimum Gasteiger partial charge on any atom is -0.427 e. The SMILES string of the molecule is CCCCCCCCSCCC(=O)Oc1ccccc1. The predicted molar refractivity (Wildman–Crippen MR) is 87.4 cm³/mol. The quantitative estimate of drug-likeness (QED) is 0.323. The van der Waals surface area contributed by atoms with Crippen molar-refractivity contribution in [3.8, 4) is 5.75 Å². The van der Waals surface area contributed by atoms with E-state index in [9.17, 15) is 4.79 Å². The number of carbonyl (C=O) groups excluding carboxylic acids is 1. The highest BCUT2D eigenvalue weighted by Crippen LogP contribution is 2.13. The van der Waals surface area contributed by atoms with E-state index in [1.165, 1.54) is 38.5 Å². The van der Waals surface area contributed by atoms with Crippen LogP contribution < -0.4 is 4.74 Å². The molecule has 0 fully saturated rings. The fourth-order valence-electron chi connectivity index (χ4n) is 1.91. The number of para-hydroxylation sites is 1. The second-order valence-electron chi connectivity index (χ2n) is 4.92. The number of hydrogen-bond acceptors (Lipinski definition) is 3. The molecule has 0 atom stereocenters. The average Bonchev–Trinajstić information content (AvgIpc) is 2.46. The van der Waals surface area contributed by atoms with Crippen molar-refractivity contribution in [1.29, 1.82) is 0 Å². The molecule has 3 heteroatoms. The Hall–Kier alpha value is -0.960. The summed E-state index contributed by atoms with van der Waals surface area (Å²) in [6.45, 7) is 2.24. The summed E-state index contributed by atoms with van der Waals surface area (Å²) in [5.41, 5.74) is 0. The van der Waals surface area contributed by atoms with Crippen LogP contribution in [0.1, 0.15) is 51.9 Å². The van der Waals surface area contributed by atoms with Crippen LogP contribution in [-0.2, 0) is 4.79 Å². The van der Waals surface area contributed by atoms with Crippen LogP contribution in [0.5, 0.6) is 5.75 Å². The Morgan fingerprint density at radius 1 is 1.00 bits per heavy atom. The first-order valence-corrected chi connectivity index (χ1v) is 8.82. The molecule has 0 unspecified atom stereocenters. The highest BCUT2D eigenvalue weighted by molar-refractivity contribution is 7.99. The molecule has 112 valence electrons. The van der Waals surface area contributed by atoms with Crippen LogP contribution in [0.15, 0.2) is 30.3 Å². The maximum atomic E-state index is 11.6. The number of unbranched alkanes of at least 4 members (excludes halogenated alkanes) is 5. The summed E-state index contributed by atoms with van der Waals surface area (Å²) in [4.78, 5) is 11.6. The van der Waals surface area contributed by atoms with E-state index in [2.05, 4.69) is 6.92 Å². The molecule has 0 aliphatic rings. The molecule has 1 aromatic carbocycles. The molecule has 0 N–H and O–H groups in total. The van der Waals surface area contributed by atoms with E-state index >= 15 is 0 Å². The highest BCUT2D eigenvalue weighted by Gasteiger charge is 2.04. The predicted octanol–water partition coefficient (Wildman–Crippen LogP) is 5.08. The molecule has 0 saturated carbocycles. The second kappa shape index (κ2) is 11.8. The van der Waals surface area contributed by atoms with E-state index in [0.29, 0.717) is 12.2 Å². The largest absolute Gasteiger partial charge is 0.427 e. The molecule has 0 heterocycles. The molecule has 0 saturated heterocycles. The number of rotatable bonds is 11. The topological polar surface area (TPSA) is 26.3 Å². The van der Waals surface area contributed by atoms with Crippen LogP contribution >= 0.6 is 11.8 Å². The van der Waals surface area contributed by atoms with Crippen molar-refractivity contribution in [2.24, 2.45) is 0 Å². The standard InChI is InChI=1S/C17H26O2S/c1-2-3-4-5-6-10-14-20-15-13-17(18)19-16-11-8-7-9-12-16/h7-9,11-12H,2-6,10,13-15H2,1H3. The van der Waals surface area contributed by atoms with Crippen molar-refractivity contribution in [3.63, 3.8) is 0 Å². The first-order valence-electron chi connectivity index (χ1n) is 7.66. The van der Waals surface area contributed by atoms with E-state index in [1.54, 1.807) is 12.1 Å². The van der Waals surface area contributed by atoms with Crippen molar-refractivity contribution in [1.82, 2.24) is 0 Å². The molecule has 0 aliphatic carbocycles. The minimum absolute atomic E-state index is 0.133. The van der Waals surface area contributed by atoms with Crippen LogP contribution in [0.25, 0.3) is 0 Å². The van der Waals surface area contributed by atoms with E-state index in [1.807, 2.05) is 30.0 Å². The number of hydrogen-bond donors (Lipinski definition) is 0. The van der Waals surface area contributed by atoms with E-state index < -0.39 is 0 Å². The first-order chi connectivity index (χ1) is 9.83. The van der Waals surface area contributed by atoms with Crippen molar-refractivity contribution in [2.75, 3.05) is 11.5 Å². The molecule has 0 bridgehead atoms. The summed E-state index contributed by atoms with van der Waals surface area (Å²) in [7, 11) is 0. The van der Waals surface area contributed by atoms with Gasteiger partial charge in [-0.15, -0.1) is 0 Å². The van der Waals surface area contributed by atoms with Gasteiger partial charge in [-0.2, -0.15) is 11.8 Å². The molecule has 0 spiro atoms. The zero-order valence-electron chi connectivity index (χ0n) is 12.5. The van der Waals surface area contributed by atoms with Gasteiger partial charge in [-0.1, -0.05) is 57.2 Å². The Bertz CT molecular complexity index is 351. The number of benzene rings is 1. The third-order valence-electron chi connectivity index (χ3n) is 3.07. The van der Waals surface area contributed by atoms with E-state index in [0.717, 1.165) is 11.5 Å². The lowest BCUT2D eigenvalue weighted by Gasteiger charge is -2.04. The summed E-state index contributed by atoms with van der Waals surface area (Å²) in [5, 5.41) is 0. The average molecular weight is 294 g/mol. The molecule has 0 radical (unpaired) electrons. The molecular formula is C17H26O2S. The third-order valence-corrected chi connectivity index (χ3v) is 4.14. The van der Waals surface area contributed by atoms with Gasteiger partial charge in [-0.05, 0) is 24.3 Å². The molecule has 1 rings (SSSR count). The van der Waals surface area contributed by atoms with Gasteiger partial charge in [0.05, 0.1) is 6.42 Å². The summed E-state index contributed by atoms with van der Waals surface area (Å²) in [5.74, 6) is 2.52. The fourth-order valence-corrected chi connectivity index (χ4v) is 2.84. The van der Waals surface area contributed by atoms with Gasteiger partial charge in [0.1, 0.15) is 5.75 Å². The number of esters is 1. The lowest BCUT2D eigenvalue weighted by molar-refractivity contribution is -0.133. The Balaban J connectivity index is 1.92. The summed E-state index contributed by atoms with van der Waals surface area (Å²) in [6, 6.07) is 9.27. The highest BCUT2D eigenvalue weighted by atomic mass is 32.2. The molecule has 0 amide bonds. The maximum Gasteiger partial charge on any atom is 0.312 e. The van der Waals surface area contributed by atoms with Crippen LogP contribution in [0.3, 0.4) is 0 Å². The van der Waals surface area contributed by atoms with Gasteiger partial charge in [0.25, 0.3) is 0 Å². The number of thioether (sulfide) groups is 1. The molecule has 2 nitrogen and oxygen atoms in total. The number of ether oxygens (including phenoxy) is 1. The van der Waals surface area contributed by atoms with E-state index in [-0.39, 0.29) is 5.97 Å². The Labute approximate surface area is 127 Å². The third kappa shape index (κ3) is 9.03. The summed E-state index contributed by atoms with van der Waals surface area (Å²) < 4.78 is 5.23. The lowest BCUT2D eigenvalue weighted by atomic mass is 10.1. The molecule has 0 aromatic heterocycles. The Morgan fingerprint density at radius 2 is 1.70 bits per heavy atom. The van der Waals surface area contributed by atoms with E-state index in [4.69, 9.17) is 4.74 Å². The monoisotopic (exact) mass is 294 g/mol. The summed E-state index contributed by atoms with van der Waals surface area (Å²) >= 11 is 1.86. The fraction of sp³-hybridized carbons (Fsp3) is 0.588. The van der Waals surface area contributed by atoms with Crippen LogP contribution in [0, 0.1) is 0 Å². The molecule has 0 aliphatic heterocycles. The smallest absolute Gasteiger partial charge is 0.312 e. The van der Waals surface area contributed by atoms with Crippen LogP contribution in [-0.4, -0.2) is 17.5 Å². The zero-order valence-corrected chi connectivity index (χ0v) is 13.3. The van der Waals surface area contributed by atoms with Crippen molar-refractivity contribution in [3.05, 3.63) is 30.3 Å². The van der Waals surface area contributed by atoms with Crippen LogP contribution in [0.4, 0.5) is 0 Å². The van der Waals surface area contributed by atoms with Gasteiger partial charge in [-0.25, -0.2) is 0 Å². The van der Waals surface area contributed by atoms with Gasteiger partial charge in [-0.3, -0.25) is 4.79 Å². The first kappa shape index (κ1) is 17.1. The van der Waals surface area contributed by atoms with Gasteiger partial charge in [0.2, 0.25) is 0 Å². The molecule has 1 aromatic rings. The van der Waals surface area contributed by atoms with Gasteiger partial charge in [0.15, 0.2) is 0 Å². The van der Waals surface area contributed by atoms with Crippen LogP contribution in [0.2, 0.25) is 0 Å². The van der Waals surface area contributed by atoms with Gasteiger partial charge < -0.3 is 4.74 Å². The Morgan fingerprint density at radius 3 is 2.45 bits per heavy atom. The number of carbonyl (C=O) groups is 1. The van der Waals surface area contributed by atoms with Crippen molar-refractivity contribution in [2.45, 2.75) is 51.9 Å². The van der Waals surface area contributed by atoms with Gasteiger partial charge in [0, 0.05) is 5.75 Å². The zero-order chi connectivity index (χ0) is 14.5. The molecular weight excluding hydrogens is 268 g/mol. The second-order valence-corrected chi connectivity index (χ2v) is 6.14. The Kier molecular flexibility index (Phi) is 10.1. The minimum atomic E-state index is -0.133. The van der Waals surface area contributed by atoms with Crippen molar-refractivity contribution < 1.29 is 9.53 Å². The molecule has 20 heavy (non-hydrogen) atoms. The van der Waals surface area contributed by atoms with Gasteiger partial charge >= 0.3 is 5.97 Å². The van der Waals surface area contributed by atoms with Crippen molar-refractivity contribution >= 4 is 17.7 Å². The summed E-state index contributed by atoms with van der Waals surface area (Å²) in [6.07, 6.45) is 8.46. The normalized spacial score (nSPS) is 10.4. The lowest BCUT2D eigenvalue weighted by Crippen LogP contribution is -2.08.